The van der Waals surface area contributed by atoms with E-state index in [0.717, 1.165) is 30.1 Å². The molecule has 1 aromatic carbocycles. The Morgan fingerprint density at radius 2 is 1.92 bits per heavy atom. The Morgan fingerprint density at radius 3 is 2.65 bits per heavy atom. The average Bonchev–Trinajstić information content (AvgIpc) is 3.19. The summed E-state index contributed by atoms with van der Waals surface area (Å²) in [7, 11) is 0. The highest BCUT2D eigenvalue weighted by Gasteiger charge is 2.36. The Labute approximate surface area is 149 Å². The van der Waals surface area contributed by atoms with Crippen LogP contribution < -0.4 is 0 Å². The van der Waals surface area contributed by atoms with E-state index < -0.39 is 11.9 Å². The highest BCUT2D eigenvalue weighted by Crippen LogP contribution is 2.34. The van der Waals surface area contributed by atoms with Crippen LogP contribution in [0.15, 0.2) is 42.5 Å². The Balaban J connectivity index is 1.61. The number of halogens is 3. The number of aromatic nitrogens is 3. The largest absolute Gasteiger partial charge is 0.433 e. The highest BCUT2D eigenvalue weighted by atomic mass is 19.4. The van der Waals surface area contributed by atoms with Crippen LogP contribution >= 0.6 is 0 Å². The van der Waals surface area contributed by atoms with Crippen LogP contribution in [-0.2, 0) is 12.7 Å². The average molecular weight is 360 g/mol. The van der Waals surface area contributed by atoms with E-state index >= 15 is 0 Å². The molecule has 7 heteroatoms. The van der Waals surface area contributed by atoms with Crippen molar-refractivity contribution in [3.63, 3.8) is 0 Å². The summed E-state index contributed by atoms with van der Waals surface area (Å²) < 4.78 is 41.3. The molecule has 0 spiro atoms. The molecule has 0 aliphatic carbocycles. The van der Waals surface area contributed by atoms with E-state index in [2.05, 4.69) is 27.1 Å². The molecule has 4 rings (SSSR count). The first kappa shape index (κ1) is 17.0. The van der Waals surface area contributed by atoms with E-state index in [1.54, 1.807) is 13.0 Å². The van der Waals surface area contributed by atoms with Gasteiger partial charge in [0.2, 0.25) is 0 Å². The second-order valence-corrected chi connectivity index (χ2v) is 6.83. The number of aryl methyl sites for hydroxylation is 1. The number of fused-ring (bicyclic) bond motifs is 1. The molecule has 0 saturated carbocycles. The lowest BCUT2D eigenvalue weighted by Crippen LogP contribution is -2.20. The third-order valence-electron chi connectivity index (χ3n) is 4.80. The van der Waals surface area contributed by atoms with Gasteiger partial charge < -0.3 is 0 Å². The molecule has 2 aromatic heterocycles. The van der Waals surface area contributed by atoms with Gasteiger partial charge in [-0.15, -0.1) is 0 Å². The normalized spacial score (nSPS) is 18.7. The quantitative estimate of drug-likeness (QED) is 0.707. The zero-order valence-corrected chi connectivity index (χ0v) is 14.4. The van der Waals surface area contributed by atoms with Gasteiger partial charge in [0.1, 0.15) is 5.69 Å². The number of hydrogen-bond donors (Lipinski definition) is 0. The summed E-state index contributed by atoms with van der Waals surface area (Å²) in [4.78, 5) is 6.73. The fraction of sp³-hybridized carbons (Fsp3) is 0.368. The summed E-state index contributed by atoms with van der Waals surface area (Å²) in [5.74, 6) is 0.0000170. The van der Waals surface area contributed by atoms with E-state index in [1.165, 1.54) is 5.56 Å². The maximum atomic E-state index is 13.5. The standard InChI is InChI=1S/C19H19F3N4/c1-13-9-18-23-16(10-17(19(20,21)22)26(18)24-13)15-7-8-25(12-15)11-14-5-3-2-4-6-14/h2-6,9-10,15H,7-8,11-12H2,1H3/t15-/m0/s1. The minimum atomic E-state index is -4.46. The Bertz CT molecular complexity index is 918. The molecule has 3 heterocycles. The van der Waals surface area contributed by atoms with Crippen LogP contribution in [0.2, 0.25) is 0 Å². The number of rotatable bonds is 3. The summed E-state index contributed by atoms with van der Waals surface area (Å²) >= 11 is 0. The number of benzene rings is 1. The Hall–Kier alpha value is -2.41. The van der Waals surface area contributed by atoms with Crippen LogP contribution in [0.4, 0.5) is 13.2 Å². The topological polar surface area (TPSA) is 33.4 Å². The lowest BCUT2D eigenvalue weighted by molar-refractivity contribution is -0.142. The molecule has 1 aliphatic heterocycles. The maximum absolute atomic E-state index is 13.5. The molecule has 0 unspecified atom stereocenters. The van der Waals surface area contributed by atoms with Gasteiger partial charge in [0.15, 0.2) is 5.65 Å². The summed E-state index contributed by atoms with van der Waals surface area (Å²) in [6, 6.07) is 12.8. The first-order valence-corrected chi connectivity index (χ1v) is 8.61. The lowest BCUT2D eigenvalue weighted by atomic mass is 10.0. The van der Waals surface area contributed by atoms with Gasteiger partial charge in [0, 0.05) is 30.8 Å². The summed E-state index contributed by atoms with van der Waals surface area (Å²) in [5, 5.41) is 3.94. The lowest BCUT2D eigenvalue weighted by Gasteiger charge is -2.17. The maximum Gasteiger partial charge on any atom is 0.433 e. The van der Waals surface area contributed by atoms with Gasteiger partial charge in [-0.2, -0.15) is 18.3 Å². The van der Waals surface area contributed by atoms with Crippen molar-refractivity contribution >= 4 is 5.65 Å². The van der Waals surface area contributed by atoms with Crippen molar-refractivity contribution in [2.24, 2.45) is 0 Å². The molecule has 136 valence electrons. The minimum absolute atomic E-state index is 0.0000170. The van der Waals surface area contributed by atoms with Crippen molar-refractivity contribution in [2.45, 2.75) is 32.0 Å². The van der Waals surface area contributed by atoms with E-state index in [1.807, 2.05) is 18.2 Å². The van der Waals surface area contributed by atoms with Crippen molar-refractivity contribution in [2.75, 3.05) is 13.1 Å². The van der Waals surface area contributed by atoms with E-state index in [4.69, 9.17) is 0 Å². The van der Waals surface area contributed by atoms with E-state index in [9.17, 15) is 13.2 Å². The van der Waals surface area contributed by atoms with Gasteiger partial charge in [-0.3, -0.25) is 4.90 Å². The van der Waals surface area contributed by atoms with Crippen LogP contribution in [0.25, 0.3) is 5.65 Å². The van der Waals surface area contributed by atoms with Crippen LogP contribution in [0.5, 0.6) is 0 Å². The van der Waals surface area contributed by atoms with Gasteiger partial charge in [-0.25, -0.2) is 9.50 Å². The van der Waals surface area contributed by atoms with Gasteiger partial charge in [-0.05, 0) is 31.5 Å². The molecular weight excluding hydrogens is 341 g/mol. The van der Waals surface area contributed by atoms with Gasteiger partial charge in [-0.1, -0.05) is 30.3 Å². The molecule has 26 heavy (non-hydrogen) atoms. The first-order valence-electron chi connectivity index (χ1n) is 8.61. The third kappa shape index (κ3) is 3.31. The number of hydrogen-bond acceptors (Lipinski definition) is 3. The number of alkyl halides is 3. The molecule has 0 radical (unpaired) electrons. The van der Waals surface area contributed by atoms with Crippen molar-refractivity contribution in [1.29, 1.82) is 0 Å². The molecule has 4 nitrogen and oxygen atoms in total. The van der Waals surface area contributed by atoms with Crippen LogP contribution in [0.3, 0.4) is 0 Å². The SMILES string of the molecule is Cc1cc2nc([C@H]3CCN(Cc4ccccc4)C3)cc(C(F)(F)F)n2n1. The smallest absolute Gasteiger partial charge is 0.298 e. The van der Waals surface area contributed by atoms with Crippen LogP contribution in [0.1, 0.15) is 35.0 Å². The third-order valence-corrected chi connectivity index (χ3v) is 4.80. The fourth-order valence-electron chi connectivity index (χ4n) is 3.58. The Morgan fingerprint density at radius 1 is 1.15 bits per heavy atom. The monoisotopic (exact) mass is 360 g/mol. The minimum Gasteiger partial charge on any atom is -0.298 e. The summed E-state index contributed by atoms with van der Waals surface area (Å²) in [5.41, 5.74) is 1.73. The van der Waals surface area contributed by atoms with Gasteiger partial charge in [0.05, 0.1) is 5.69 Å². The zero-order valence-electron chi connectivity index (χ0n) is 14.4. The molecule has 1 fully saturated rings. The van der Waals surface area contributed by atoms with Crippen molar-refractivity contribution < 1.29 is 13.2 Å². The second-order valence-electron chi connectivity index (χ2n) is 6.83. The number of nitrogens with zero attached hydrogens (tertiary/aromatic N) is 4. The molecular formula is C19H19F3N4. The fourth-order valence-corrected chi connectivity index (χ4v) is 3.58. The molecule has 1 atom stereocenters. The summed E-state index contributed by atoms with van der Waals surface area (Å²) in [6.45, 7) is 4.04. The molecule has 3 aromatic rings. The first-order chi connectivity index (χ1) is 12.4. The predicted molar refractivity (Wildman–Crippen MR) is 91.8 cm³/mol. The molecule has 0 bridgehead atoms. The van der Waals surface area contributed by atoms with Crippen molar-refractivity contribution in [3.05, 3.63) is 65.1 Å². The predicted octanol–water partition coefficient (Wildman–Crippen LogP) is 4.05. The second kappa shape index (κ2) is 6.39. The molecule has 1 saturated heterocycles. The zero-order chi connectivity index (χ0) is 18.3. The van der Waals surface area contributed by atoms with Crippen molar-refractivity contribution in [1.82, 2.24) is 19.5 Å². The van der Waals surface area contributed by atoms with Gasteiger partial charge >= 0.3 is 6.18 Å². The molecule has 0 amide bonds. The number of likely N-dealkylation sites (tertiary alicyclic amines) is 1. The van der Waals surface area contributed by atoms with Crippen molar-refractivity contribution in [3.8, 4) is 0 Å². The molecule has 1 aliphatic rings. The molecule has 0 N–H and O–H groups in total. The van der Waals surface area contributed by atoms with E-state index in [0.29, 0.717) is 17.9 Å². The van der Waals surface area contributed by atoms with Gasteiger partial charge in [0.25, 0.3) is 0 Å². The summed E-state index contributed by atoms with van der Waals surface area (Å²) in [6.07, 6.45) is -3.66. The van der Waals surface area contributed by atoms with Crippen LogP contribution in [0, 0.1) is 6.92 Å². The highest BCUT2D eigenvalue weighted by molar-refractivity contribution is 5.43. The van der Waals surface area contributed by atoms with E-state index in [-0.39, 0.29) is 11.6 Å². The van der Waals surface area contributed by atoms with Crippen LogP contribution in [-0.4, -0.2) is 32.6 Å². The Kier molecular flexibility index (Phi) is 4.19.